The fourth-order valence-electron chi connectivity index (χ4n) is 5.02. The van der Waals surface area contributed by atoms with Gasteiger partial charge < -0.3 is 23.7 Å². The van der Waals surface area contributed by atoms with E-state index in [2.05, 4.69) is 19.6 Å². The molecule has 2 aromatic rings. The Morgan fingerprint density at radius 2 is 1.50 bits per heavy atom. The van der Waals surface area contributed by atoms with Gasteiger partial charge in [-0.1, -0.05) is 42.5 Å². The van der Waals surface area contributed by atoms with E-state index in [-0.39, 0.29) is 11.8 Å². The van der Waals surface area contributed by atoms with Crippen LogP contribution in [0.15, 0.2) is 54.6 Å². The van der Waals surface area contributed by atoms with Crippen LogP contribution in [0.25, 0.3) is 0 Å². The lowest BCUT2D eigenvalue weighted by Gasteiger charge is -2.48. The minimum absolute atomic E-state index is 0.0607. The summed E-state index contributed by atoms with van der Waals surface area (Å²) >= 11 is 0. The van der Waals surface area contributed by atoms with Crippen molar-refractivity contribution < 1.29 is 23.5 Å². The number of nitrogens with zero attached hydrogens (tertiary/aromatic N) is 2. The number of hydrogen-bond acceptors (Lipinski definition) is 5. The Morgan fingerprint density at radius 1 is 0.882 bits per heavy atom. The predicted octanol–water partition coefficient (Wildman–Crippen LogP) is 3.79. The Labute approximate surface area is 202 Å². The molecule has 3 aliphatic rings. The maximum absolute atomic E-state index is 14.1. The van der Waals surface area contributed by atoms with Crippen LogP contribution in [0.4, 0.5) is 0 Å². The van der Waals surface area contributed by atoms with Gasteiger partial charge in [0.2, 0.25) is 5.91 Å². The lowest BCUT2D eigenvalue weighted by atomic mass is 10.00. The van der Waals surface area contributed by atoms with Crippen LogP contribution >= 0.6 is 0 Å². The fraction of sp³-hybridized carbons (Fsp3) is 0.462. The first kappa shape index (κ1) is 24.4. The molecule has 3 atom stereocenters. The van der Waals surface area contributed by atoms with E-state index in [1.807, 2.05) is 54.6 Å². The third-order valence-corrected chi connectivity index (χ3v) is 7.45. The zero-order valence-electron chi connectivity index (χ0n) is 20.6. The summed E-state index contributed by atoms with van der Waals surface area (Å²) in [6, 6.07) is 16.0. The van der Waals surface area contributed by atoms with Crippen molar-refractivity contribution in [2.24, 2.45) is 0 Å². The monoisotopic (exact) mass is 482 g/mol. The number of piperazine rings is 1. The molecule has 3 fully saturated rings. The molecular formula is C26H34N2O5Si. The van der Waals surface area contributed by atoms with Crippen molar-refractivity contribution in [3.8, 4) is 5.75 Å². The second kappa shape index (κ2) is 9.52. The van der Waals surface area contributed by atoms with Crippen molar-refractivity contribution in [3.63, 3.8) is 0 Å². The minimum atomic E-state index is -2.13. The Bertz CT molecular complexity index is 1020. The normalized spacial score (nSPS) is 25.0. The molecule has 5 rings (SSSR count). The quantitative estimate of drug-likeness (QED) is 0.423. The number of rotatable bonds is 8. The molecule has 0 aromatic heterocycles. The smallest absolute Gasteiger partial charge is 0.251 e. The van der Waals surface area contributed by atoms with Gasteiger partial charge in [-0.2, -0.15) is 0 Å². The standard InChI is InChI=1S/C26H34N2O5Si/c1-31-21-13-11-20(12-14-21)18-28-23-25(30)27(17-19-9-7-6-8-10-19)22(24(28)29)15-16-26(23,32-2)33-34(3,4)5/h6-14,22-23H,15-18H2,1-5H3/t22-,23+,26+/m1/s1. The van der Waals surface area contributed by atoms with E-state index in [9.17, 15) is 9.59 Å². The molecule has 3 heterocycles. The van der Waals surface area contributed by atoms with Crippen LogP contribution < -0.4 is 4.74 Å². The molecule has 3 aliphatic heterocycles. The Hall–Kier alpha value is -2.68. The van der Waals surface area contributed by atoms with E-state index in [0.29, 0.717) is 25.9 Å². The highest BCUT2D eigenvalue weighted by atomic mass is 28.4. The zero-order chi connectivity index (χ0) is 24.5. The van der Waals surface area contributed by atoms with Gasteiger partial charge in [0.05, 0.1) is 7.11 Å². The largest absolute Gasteiger partial charge is 0.497 e. The molecule has 34 heavy (non-hydrogen) atoms. The third kappa shape index (κ3) is 4.75. The molecule has 8 heteroatoms. The average Bonchev–Trinajstić information content (AvgIpc) is 2.99. The van der Waals surface area contributed by atoms with Gasteiger partial charge in [0.25, 0.3) is 5.91 Å². The molecule has 2 bridgehead atoms. The molecule has 0 saturated carbocycles. The summed E-state index contributed by atoms with van der Waals surface area (Å²) in [5.41, 5.74) is 1.91. The molecule has 3 saturated heterocycles. The highest BCUT2D eigenvalue weighted by Gasteiger charge is 2.60. The summed E-state index contributed by atoms with van der Waals surface area (Å²) in [6.45, 7) is 6.91. The van der Waals surface area contributed by atoms with Crippen molar-refractivity contribution in [1.29, 1.82) is 0 Å². The summed E-state index contributed by atoms with van der Waals surface area (Å²) in [7, 11) is 1.07. The van der Waals surface area contributed by atoms with E-state index in [1.165, 1.54) is 0 Å². The number of amides is 2. The number of ether oxygens (including phenoxy) is 2. The van der Waals surface area contributed by atoms with Gasteiger partial charge in [0.15, 0.2) is 20.1 Å². The summed E-state index contributed by atoms with van der Waals surface area (Å²) in [5.74, 6) is -0.621. The number of hydrogen-bond donors (Lipinski definition) is 0. The van der Waals surface area contributed by atoms with Gasteiger partial charge in [-0.25, -0.2) is 0 Å². The molecular weight excluding hydrogens is 448 g/mol. The summed E-state index contributed by atoms with van der Waals surface area (Å²) < 4.78 is 17.9. The first-order valence-electron chi connectivity index (χ1n) is 11.7. The predicted molar refractivity (Wildman–Crippen MR) is 132 cm³/mol. The summed E-state index contributed by atoms with van der Waals surface area (Å²) in [4.78, 5) is 31.3. The average molecular weight is 483 g/mol. The van der Waals surface area contributed by atoms with Crippen LogP contribution in [-0.4, -0.2) is 62.0 Å². The van der Waals surface area contributed by atoms with Gasteiger partial charge in [-0.05, 0) is 49.3 Å². The summed E-state index contributed by atoms with van der Waals surface area (Å²) in [6.07, 6.45) is 0.969. The van der Waals surface area contributed by atoms with Crippen molar-refractivity contribution in [3.05, 3.63) is 65.7 Å². The summed E-state index contributed by atoms with van der Waals surface area (Å²) in [5, 5.41) is 0. The van der Waals surface area contributed by atoms with E-state index in [1.54, 1.807) is 24.0 Å². The SMILES string of the molecule is COc1ccc(CN2C(=O)[C@H]3CC[C@](OC)(O[Si](C)(C)C)[C@@H]2C(=O)N3Cc2ccccc2)cc1. The minimum Gasteiger partial charge on any atom is -0.497 e. The highest BCUT2D eigenvalue weighted by molar-refractivity contribution is 6.69. The van der Waals surface area contributed by atoms with Crippen molar-refractivity contribution in [2.45, 2.75) is 63.4 Å². The second-order valence-electron chi connectivity index (χ2n) is 9.95. The molecule has 0 spiro atoms. The maximum Gasteiger partial charge on any atom is 0.251 e. The van der Waals surface area contributed by atoms with E-state index >= 15 is 0 Å². The van der Waals surface area contributed by atoms with Crippen molar-refractivity contribution in [1.82, 2.24) is 9.80 Å². The molecule has 2 aromatic carbocycles. The Morgan fingerprint density at radius 3 is 2.09 bits per heavy atom. The van der Waals surface area contributed by atoms with Crippen LogP contribution in [0.3, 0.4) is 0 Å². The van der Waals surface area contributed by atoms with Crippen molar-refractivity contribution >= 4 is 20.1 Å². The Balaban J connectivity index is 1.74. The number of fused-ring (bicyclic) bond motifs is 4. The number of methoxy groups -OCH3 is 2. The van der Waals surface area contributed by atoms with Gasteiger partial charge in [-0.3, -0.25) is 9.59 Å². The number of carbonyl (C=O) groups is 2. The van der Waals surface area contributed by atoms with Gasteiger partial charge >= 0.3 is 0 Å². The van der Waals surface area contributed by atoms with Crippen molar-refractivity contribution in [2.75, 3.05) is 14.2 Å². The lowest BCUT2D eigenvalue weighted by molar-refractivity contribution is -0.218. The molecule has 0 N–H and O–H groups in total. The number of benzene rings is 2. The zero-order valence-corrected chi connectivity index (χ0v) is 21.6. The van der Waals surface area contributed by atoms with E-state index in [4.69, 9.17) is 13.9 Å². The van der Waals surface area contributed by atoms with Gasteiger partial charge in [0.1, 0.15) is 11.8 Å². The fourth-order valence-corrected chi connectivity index (χ4v) is 6.35. The maximum atomic E-state index is 14.1. The third-order valence-electron chi connectivity index (χ3n) is 6.49. The van der Waals surface area contributed by atoms with Crippen LogP contribution in [0, 0.1) is 0 Å². The van der Waals surface area contributed by atoms with Crippen LogP contribution in [0.2, 0.25) is 19.6 Å². The van der Waals surface area contributed by atoms with Crippen LogP contribution in [-0.2, 0) is 31.8 Å². The van der Waals surface area contributed by atoms with Crippen LogP contribution in [0.5, 0.6) is 5.75 Å². The first-order chi connectivity index (χ1) is 16.2. The highest BCUT2D eigenvalue weighted by Crippen LogP contribution is 2.41. The topological polar surface area (TPSA) is 68.3 Å². The number of carbonyl (C=O) groups excluding carboxylic acids is 2. The van der Waals surface area contributed by atoms with Gasteiger partial charge in [-0.15, -0.1) is 0 Å². The molecule has 0 unspecified atom stereocenters. The molecule has 2 amide bonds. The Kier molecular flexibility index (Phi) is 6.84. The van der Waals surface area contributed by atoms with E-state index < -0.39 is 26.2 Å². The molecule has 0 radical (unpaired) electrons. The first-order valence-corrected chi connectivity index (χ1v) is 15.1. The van der Waals surface area contributed by atoms with Crippen LogP contribution in [0.1, 0.15) is 24.0 Å². The van der Waals surface area contributed by atoms with E-state index in [0.717, 1.165) is 16.9 Å². The molecule has 182 valence electrons. The molecule has 0 aliphatic carbocycles. The second-order valence-corrected chi connectivity index (χ2v) is 14.4. The van der Waals surface area contributed by atoms with Gasteiger partial charge in [0, 0.05) is 26.6 Å². The molecule has 7 nitrogen and oxygen atoms in total. The lowest BCUT2D eigenvalue weighted by Crippen LogP contribution is -2.69.